The molecule has 40 heavy (non-hydrogen) atoms. The van der Waals surface area contributed by atoms with Gasteiger partial charge >= 0.3 is 12.1 Å². The van der Waals surface area contributed by atoms with Crippen molar-refractivity contribution in [3.8, 4) is 28.7 Å². The van der Waals surface area contributed by atoms with Gasteiger partial charge in [0, 0.05) is 31.3 Å². The van der Waals surface area contributed by atoms with E-state index in [2.05, 4.69) is 25.1 Å². The molecular weight excluding hydrogens is 553 g/mol. The fraction of sp³-hybridized carbons (Fsp3) is 0.346. The number of nitrogens with zero attached hydrogens (tertiary/aromatic N) is 6. The van der Waals surface area contributed by atoms with Crippen LogP contribution in [-0.4, -0.2) is 65.6 Å². The van der Waals surface area contributed by atoms with Crippen molar-refractivity contribution < 1.29 is 32.7 Å². The summed E-state index contributed by atoms with van der Waals surface area (Å²) in [7, 11) is 0. The highest BCUT2D eigenvalue weighted by atomic mass is 35.5. The molecule has 210 valence electrons. The van der Waals surface area contributed by atoms with Crippen LogP contribution in [0, 0.1) is 5.92 Å². The van der Waals surface area contributed by atoms with Crippen LogP contribution in [0.25, 0.3) is 28.7 Å². The molecule has 1 saturated heterocycles. The molecule has 0 amide bonds. The molecule has 5 rings (SSSR count). The lowest BCUT2D eigenvalue weighted by molar-refractivity contribution is -0.142. The van der Waals surface area contributed by atoms with E-state index in [0.29, 0.717) is 28.9 Å². The molecule has 2 N–H and O–H groups in total. The van der Waals surface area contributed by atoms with Crippen molar-refractivity contribution in [2.75, 3.05) is 19.6 Å². The zero-order valence-electron chi connectivity index (χ0n) is 20.9. The highest BCUT2D eigenvalue weighted by Gasteiger charge is 2.41. The van der Waals surface area contributed by atoms with Crippen LogP contribution in [-0.2, 0) is 11.0 Å². The number of alkyl halides is 3. The van der Waals surface area contributed by atoms with Crippen LogP contribution in [0.3, 0.4) is 0 Å². The van der Waals surface area contributed by atoms with Gasteiger partial charge in [-0.15, -0.1) is 0 Å². The minimum atomic E-state index is -4.83. The topological polar surface area (TPSA) is 130 Å². The van der Waals surface area contributed by atoms with Crippen molar-refractivity contribution in [2.24, 2.45) is 5.92 Å². The van der Waals surface area contributed by atoms with Gasteiger partial charge in [0.1, 0.15) is 0 Å². The lowest BCUT2D eigenvalue weighted by Gasteiger charge is -2.33. The molecule has 4 aromatic rings. The van der Waals surface area contributed by atoms with Gasteiger partial charge in [0.2, 0.25) is 5.82 Å². The number of rotatable bonds is 8. The third-order valence-electron chi connectivity index (χ3n) is 6.69. The van der Waals surface area contributed by atoms with E-state index in [1.54, 1.807) is 24.3 Å². The first-order valence-electron chi connectivity index (χ1n) is 12.4. The smallest absolute Gasteiger partial charge is 0.434 e. The Kier molecular flexibility index (Phi) is 7.88. The van der Waals surface area contributed by atoms with Crippen molar-refractivity contribution in [3.05, 3.63) is 65.1 Å². The zero-order valence-corrected chi connectivity index (χ0v) is 21.7. The fourth-order valence-corrected chi connectivity index (χ4v) is 5.06. The van der Waals surface area contributed by atoms with Gasteiger partial charge in [-0.25, -0.2) is 9.67 Å². The fourth-order valence-electron chi connectivity index (χ4n) is 4.86. The molecule has 14 heteroatoms. The summed E-state index contributed by atoms with van der Waals surface area (Å²) in [4.78, 5) is 21.2. The monoisotopic (exact) mass is 576 g/mol. The third-order valence-corrected chi connectivity index (χ3v) is 6.98. The largest absolute Gasteiger partial charge is 0.481 e. The molecule has 1 aliphatic rings. The minimum Gasteiger partial charge on any atom is -0.481 e. The van der Waals surface area contributed by atoms with E-state index >= 15 is 0 Å². The lowest BCUT2D eigenvalue weighted by Crippen LogP contribution is -2.38. The third kappa shape index (κ3) is 6.01. The number of likely N-dealkylation sites (tertiary alicyclic amines) is 1. The van der Waals surface area contributed by atoms with E-state index < -0.39 is 29.5 Å². The van der Waals surface area contributed by atoms with Crippen LogP contribution in [0.2, 0.25) is 5.02 Å². The number of carboxylic acid groups (broad SMARTS) is 1. The number of carbonyl (C=O) groups is 1. The minimum absolute atomic E-state index is 0.0171. The zero-order chi connectivity index (χ0) is 28.4. The van der Waals surface area contributed by atoms with Crippen LogP contribution >= 0.6 is 11.6 Å². The number of piperidine rings is 1. The van der Waals surface area contributed by atoms with E-state index in [-0.39, 0.29) is 34.9 Å². The number of aromatic nitrogens is 5. The van der Waals surface area contributed by atoms with Crippen molar-refractivity contribution in [1.82, 2.24) is 29.8 Å². The second kappa shape index (κ2) is 11.4. The molecule has 2 atom stereocenters. The first-order chi connectivity index (χ1) is 19.1. The first kappa shape index (κ1) is 27.7. The normalized spacial score (nSPS) is 17.2. The number of aliphatic hydroxyl groups excluding tert-OH is 1. The molecule has 0 aliphatic carbocycles. The summed E-state index contributed by atoms with van der Waals surface area (Å²) in [6.45, 7) is 1.74. The summed E-state index contributed by atoms with van der Waals surface area (Å²) in [6, 6.07) is 9.52. The summed E-state index contributed by atoms with van der Waals surface area (Å²) in [5.41, 5.74) is -0.493. The molecule has 1 fully saturated rings. The maximum Gasteiger partial charge on any atom is 0.434 e. The van der Waals surface area contributed by atoms with E-state index in [1.165, 1.54) is 18.3 Å². The number of hydrogen-bond donors (Lipinski definition) is 2. The van der Waals surface area contributed by atoms with Crippen LogP contribution in [0.4, 0.5) is 13.2 Å². The van der Waals surface area contributed by atoms with Gasteiger partial charge in [-0.3, -0.25) is 4.79 Å². The van der Waals surface area contributed by atoms with E-state index in [9.17, 15) is 23.1 Å². The molecule has 4 heterocycles. The summed E-state index contributed by atoms with van der Waals surface area (Å²) in [6.07, 6.45) is -1.55. The quantitative estimate of drug-likeness (QED) is 0.301. The molecule has 1 aromatic carbocycles. The van der Waals surface area contributed by atoms with Gasteiger partial charge in [-0.1, -0.05) is 41.0 Å². The Morgan fingerprint density at radius 2 is 2.00 bits per heavy atom. The number of hydrogen-bond acceptors (Lipinski definition) is 8. The van der Waals surface area contributed by atoms with Crippen molar-refractivity contribution in [3.63, 3.8) is 0 Å². The van der Waals surface area contributed by atoms with Crippen LogP contribution in [0.1, 0.15) is 36.6 Å². The molecule has 0 unspecified atom stereocenters. The molecule has 3 aromatic heterocycles. The Morgan fingerprint density at radius 1 is 1.23 bits per heavy atom. The van der Waals surface area contributed by atoms with Gasteiger partial charge < -0.3 is 19.6 Å². The molecule has 0 bridgehead atoms. The highest BCUT2D eigenvalue weighted by Crippen LogP contribution is 2.39. The lowest BCUT2D eigenvalue weighted by atomic mass is 9.94. The second-order valence-corrected chi connectivity index (χ2v) is 9.96. The predicted molar refractivity (Wildman–Crippen MR) is 136 cm³/mol. The number of halogens is 4. The predicted octanol–water partition coefficient (Wildman–Crippen LogP) is 4.88. The first-order valence-corrected chi connectivity index (χ1v) is 12.8. The SMILES string of the molecule is O=C(O)C[C@H]1CCCN(C[C@@H](O)c2ccc(-c3noc(-c4cnn(-c5ncccc5Cl)c4C(F)(F)F)n3)cc2)C1. The standard InChI is InChI=1S/C26H24ClF3N6O4/c27-19-4-1-9-31-24(19)36-22(26(28,29)30)18(12-32-36)25-33-23(34-40-25)17-7-5-16(6-8-17)20(37)14-35-10-2-3-15(13-35)11-21(38)39/h1,4-9,12,15,20,37H,2-3,10-11,13-14H2,(H,38,39)/t15-,20-/m1/s1. The number of β-amino-alcohol motifs (C(OH)–C–C–N with tert-alkyl or cyclic N) is 1. The highest BCUT2D eigenvalue weighted by molar-refractivity contribution is 6.32. The van der Waals surface area contributed by atoms with Crippen molar-refractivity contribution in [2.45, 2.75) is 31.5 Å². The number of pyridine rings is 1. The Labute approximate surface area is 231 Å². The summed E-state index contributed by atoms with van der Waals surface area (Å²) < 4.78 is 48.0. The molecule has 0 radical (unpaired) electrons. The molecular formula is C26H24ClF3N6O4. The van der Waals surface area contributed by atoms with Gasteiger partial charge in [0.05, 0.1) is 22.9 Å². The van der Waals surface area contributed by atoms with Crippen LogP contribution in [0.5, 0.6) is 0 Å². The number of aliphatic carboxylic acids is 1. The van der Waals surface area contributed by atoms with E-state index in [1.807, 2.05) is 0 Å². The maximum absolute atomic E-state index is 14.1. The maximum atomic E-state index is 14.1. The van der Waals surface area contributed by atoms with Gasteiger partial charge in [-0.05, 0) is 43.0 Å². The second-order valence-electron chi connectivity index (χ2n) is 9.55. The Balaban J connectivity index is 1.33. The number of benzene rings is 1. The van der Waals surface area contributed by atoms with E-state index in [4.69, 9.17) is 21.2 Å². The van der Waals surface area contributed by atoms with Gasteiger partial charge in [-0.2, -0.15) is 23.3 Å². The van der Waals surface area contributed by atoms with Crippen LogP contribution in [0.15, 0.2) is 53.3 Å². The summed E-state index contributed by atoms with van der Waals surface area (Å²) in [5.74, 6) is -1.29. The molecule has 10 nitrogen and oxygen atoms in total. The molecule has 0 saturated carbocycles. The van der Waals surface area contributed by atoms with Crippen molar-refractivity contribution in [1.29, 1.82) is 0 Å². The average molecular weight is 577 g/mol. The Bertz CT molecular complexity index is 1490. The van der Waals surface area contributed by atoms with Crippen molar-refractivity contribution >= 4 is 17.6 Å². The number of aliphatic hydroxyl groups is 1. The Morgan fingerprint density at radius 3 is 2.70 bits per heavy atom. The summed E-state index contributed by atoms with van der Waals surface area (Å²) in [5, 5.41) is 27.4. The van der Waals surface area contributed by atoms with Gasteiger partial charge in [0.25, 0.3) is 5.89 Å². The van der Waals surface area contributed by atoms with E-state index in [0.717, 1.165) is 25.6 Å². The number of carboxylic acids is 1. The van der Waals surface area contributed by atoms with Crippen LogP contribution < -0.4 is 0 Å². The Hall–Kier alpha value is -3.81. The summed E-state index contributed by atoms with van der Waals surface area (Å²) >= 11 is 6.05. The molecule has 0 spiro atoms. The average Bonchev–Trinajstić information content (AvgIpc) is 3.57. The molecule has 1 aliphatic heterocycles. The van der Waals surface area contributed by atoms with Gasteiger partial charge in [0.15, 0.2) is 11.5 Å².